The van der Waals surface area contributed by atoms with Crippen LogP contribution >= 0.6 is 24.0 Å². The van der Waals surface area contributed by atoms with Crippen molar-refractivity contribution in [2.75, 3.05) is 11.1 Å². The Hall–Kier alpha value is -1.91. The lowest BCUT2D eigenvalue weighted by Gasteiger charge is -2.13. The Labute approximate surface area is 152 Å². The van der Waals surface area contributed by atoms with Crippen molar-refractivity contribution in [3.8, 4) is 5.75 Å². The van der Waals surface area contributed by atoms with Gasteiger partial charge in [0.05, 0.1) is 16.7 Å². The summed E-state index contributed by atoms with van der Waals surface area (Å²) in [6.45, 7) is 0. The molecule has 0 atom stereocenters. The molecule has 0 unspecified atom stereocenters. The van der Waals surface area contributed by atoms with Crippen LogP contribution in [0.4, 0.5) is 11.4 Å². The number of nitrogen functional groups attached to an aromatic ring is 1. The Morgan fingerprint density at radius 2 is 1.79 bits per heavy atom. The third-order valence-corrected chi connectivity index (χ3v) is 4.27. The van der Waals surface area contributed by atoms with Crippen molar-refractivity contribution in [2.45, 2.75) is 31.8 Å². The van der Waals surface area contributed by atoms with E-state index in [1.165, 1.54) is 12.8 Å². The number of carbonyl (C=O) groups excluding carboxylic acids is 1. The van der Waals surface area contributed by atoms with E-state index in [-0.39, 0.29) is 18.3 Å². The number of nitrogens with one attached hydrogen (secondary N) is 1. The van der Waals surface area contributed by atoms with Crippen molar-refractivity contribution in [1.82, 2.24) is 0 Å². The average Bonchev–Trinajstić information content (AvgIpc) is 3.02. The SMILES string of the molecule is Cl.Nc1ccc(C(=O)Nc2ccc(OC3CCCC3)cc2)c(Cl)c1. The normalized spacial score (nSPS) is 14.0. The van der Waals surface area contributed by atoms with Crippen LogP contribution in [0.5, 0.6) is 5.75 Å². The van der Waals surface area contributed by atoms with Crippen molar-refractivity contribution in [3.63, 3.8) is 0 Å². The van der Waals surface area contributed by atoms with E-state index in [2.05, 4.69) is 5.32 Å². The number of halogens is 2. The molecule has 0 heterocycles. The summed E-state index contributed by atoms with van der Waals surface area (Å²) >= 11 is 6.05. The van der Waals surface area contributed by atoms with Crippen LogP contribution in [0, 0.1) is 0 Å². The second-order valence-corrected chi connectivity index (χ2v) is 6.15. The molecule has 3 N–H and O–H groups in total. The molecule has 2 aromatic rings. The number of hydrogen-bond acceptors (Lipinski definition) is 3. The van der Waals surface area contributed by atoms with Gasteiger partial charge in [-0.2, -0.15) is 0 Å². The number of carbonyl (C=O) groups is 1. The van der Waals surface area contributed by atoms with Gasteiger partial charge in [-0.1, -0.05) is 11.6 Å². The van der Waals surface area contributed by atoms with E-state index in [1.54, 1.807) is 18.2 Å². The van der Waals surface area contributed by atoms with Gasteiger partial charge in [0, 0.05) is 11.4 Å². The molecule has 24 heavy (non-hydrogen) atoms. The van der Waals surface area contributed by atoms with E-state index >= 15 is 0 Å². The molecule has 1 amide bonds. The second-order valence-electron chi connectivity index (χ2n) is 5.74. The van der Waals surface area contributed by atoms with Crippen molar-refractivity contribution < 1.29 is 9.53 Å². The lowest BCUT2D eigenvalue weighted by atomic mass is 10.2. The highest BCUT2D eigenvalue weighted by atomic mass is 35.5. The largest absolute Gasteiger partial charge is 0.490 e. The number of benzene rings is 2. The Morgan fingerprint density at radius 1 is 1.12 bits per heavy atom. The van der Waals surface area contributed by atoms with E-state index in [0.717, 1.165) is 18.6 Å². The third kappa shape index (κ3) is 4.56. The van der Waals surface area contributed by atoms with Crippen LogP contribution in [0.25, 0.3) is 0 Å². The maximum Gasteiger partial charge on any atom is 0.257 e. The number of ether oxygens (including phenoxy) is 1. The summed E-state index contributed by atoms with van der Waals surface area (Å²) < 4.78 is 5.90. The van der Waals surface area contributed by atoms with Gasteiger partial charge in [0.25, 0.3) is 5.91 Å². The Bertz CT molecular complexity index is 699. The Morgan fingerprint density at radius 3 is 2.42 bits per heavy atom. The molecule has 0 radical (unpaired) electrons. The molecule has 128 valence electrons. The summed E-state index contributed by atoms with van der Waals surface area (Å²) in [5.41, 5.74) is 7.25. The van der Waals surface area contributed by atoms with E-state index < -0.39 is 0 Å². The molecule has 6 heteroatoms. The number of hydrogen-bond donors (Lipinski definition) is 2. The van der Waals surface area contributed by atoms with Crippen LogP contribution in [0.2, 0.25) is 5.02 Å². The zero-order valence-corrected chi connectivity index (χ0v) is 14.7. The minimum Gasteiger partial charge on any atom is -0.490 e. The van der Waals surface area contributed by atoms with Gasteiger partial charge in [0.15, 0.2) is 0 Å². The topological polar surface area (TPSA) is 64.4 Å². The van der Waals surface area contributed by atoms with Gasteiger partial charge in [-0.05, 0) is 68.1 Å². The van der Waals surface area contributed by atoms with Crippen LogP contribution in [-0.4, -0.2) is 12.0 Å². The predicted molar refractivity (Wildman–Crippen MR) is 100 cm³/mol. The van der Waals surface area contributed by atoms with E-state index in [4.69, 9.17) is 22.1 Å². The van der Waals surface area contributed by atoms with Gasteiger partial charge in [0.1, 0.15) is 5.75 Å². The smallest absolute Gasteiger partial charge is 0.257 e. The van der Waals surface area contributed by atoms with Gasteiger partial charge in [-0.3, -0.25) is 4.79 Å². The molecule has 1 fully saturated rings. The number of amides is 1. The monoisotopic (exact) mass is 366 g/mol. The molecule has 4 nitrogen and oxygen atoms in total. The quantitative estimate of drug-likeness (QED) is 0.754. The van der Waals surface area contributed by atoms with Gasteiger partial charge >= 0.3 is 0 Å². The highest BCUT2D eigenvalue weighted by Gasteiger charge is 2.16. The highest BCUT2D eigenvalue weighted by Crippen LogP contribution is 2.25. The standard InChI is InChI=1S/C18H19ClN2O2.ClH/c19-17-11-12(20)5-10-16(17)18(22)21-13-6-8-15(9-7-13)23-14-3-1-2-4-14;/h5-11,14H,1-4,20H2,(H,21,22);1H. The van der Waals surface area contributed by atoms with Crippen molar-refractivity contribution >= 4 is 41.3 Å². The van der Waals surface area contributed by atoms with Crippen LogP contribution in [-0.2, 0) is 0 Å². The minimum atomic E-state index is -0.264. The summed E-state index contributed by atoms with van der Waals surface area (Å²) in [5, 5.41) is 3.16. The number of anilines is 2. The molecular formula is C18H20Cl2N2O2. The number of rotatable bonds is 4. The first-order valence-electron chi connectivity index (χ1n) is 7.75. The molecule has 1 saturated carbocycles. The second kappa shape index (κ2) is 8.27. The molecule has 1 aliphatic rings. The first-order chi connectivity index (χ1) is 11.1. The van der Waals surface area contributed by atoms with Crippen LogP contribution < -0.4 is 15.8 Å². The van der Waals surface area contributed by atoms with Crippen LogP contribution in [0.3, 0.4) is 0 Å². The van der Waals surface area contributed by atoms with E-state index in [9.17, 15) is 4.79 Å². The minimum absolute atomic E-state index is 0. The first-order valence-corrected chi connectivity index (χ1v) is 8.13. The zero-order valence-electron chi connectivity index (χ0n) is 13.1. The molecule has 3 rings (SSSR count). The number of nitrogens with two attached hydrogens (primary N) is 1. The summed E-state index contributed by atoms with van der Waals surface area (Å²) in [6, 6.07) is 12.2. The molecule has 0 aromatic heterocycles. The first kappa shape index (κ1) is 18.4. The van der Waals surface area contributed by atoms with Gasteiger partial charge in [0.2, 0.25) is 0 Å². The maximum atomic E-state index is 12.2. The van der Waals surface area contributed by atoms with Crippen molar-refractivity contribution in [1.29, 1.82) is 0 Å². The predicted octanol–water partition coefficient (Wildman–Crippen LogP) is 4.92. The highest BCUT2D eigenvalue weighted by molar-refractivity contribution is 6.34. The molecule has 0 spiro atoms. The Balaban J connectivity index is 0.00000208. The Kier molecular flexibility index (Phi) is 6.35. The molecule has 0 saturated heterocycles. The van der Waals surface area contributed by atoms with E-state index in [0.29, 0.717) is 28.1 Å². The van der Waals surface area contributed by atoms with Crippen molar-refractivity contribution in [2.24, 2.45) is 0 Å². The van der Waals surface area contributed by atoms with Gasteiger partial charge in [-0.25, -0.2) is 0 Å². The van der Waals surface area contributed by atoms with E-state index in [1.807, 2.05) is 24.3 Å². The summed E-state index contributed by atoms with van der Waals surface area (Å²) in [4.78, 5) is 12.2. The summed E-state index contributed by atoms with van der Waals surface area (Å²) in [6.07, 6.45) is 5.04. The molecule has 0 bridgehead atoms. The molecule has 1 aliphatic carbocycles. The fraction of sp³-hybridized carbons (Fsp3) is 0.278. The molecular weight excluding hydrogens is 347 g/mol. The zero-order chi connectivity index (χ0) is 16.2. The van der Waals surface area contributed by atoms with Gasteiger partial charge in [-0.15, -0.1) is 12.4 Å². The molecule has 0 aliphatic heterocycles. The lowest BCUT2D eigenvalue weighted by Crippen LogP contribution is -2.13. The fourth-order valence-corrected chi connectivity index (χ4v) is 3.00. The van der Waals surface area contributed by atoms with Crippen LogP contribution in [0.15, 0.2) is 42.5 Å². The molecule has 2 aromatic carbocycles. The van der Waals surface area contributed by atoms with Crippen LogP contribution in [0.1, 0.15) is 36.0 Å². The summed E-state index contributed by atoms with van der Waals surface area (Å²) in [5.74, 6) is 0.569. The third-order valence-electron chi connectivity index (χ3n) is 3.95. The maximum absolute atomic E-state index is 12.2. The fourth-order valence-electron chi connectivity index (χ4n) is 2.73. The summed E-state index contributed by atoms with van der Waals surface area (Å²) in [7, 11) is 0. The van der Waals surface area contributed by atoms with Crippen molar-refractivity contribution in [3.05, 3.63) is 53.1 Å². The lowest BCUT2D eigenvalue weighted by molar-refractivity contribution is 0.102. The van der Waals surface area contributed by atoms with Gasteiger partial charge < -0.3 is 15.8 Å². The average molecular weight is 367 g/mol.